The Bertz CT molecular complexity index is 1400. The fourth-order valence-electron chi connectivity index (χ4n) is 4.56. The molecule has 170 valence electrons. The number of phenols is 1. The Morgan fingerprint density at radius 3 is 2.67 bits per heavy atom. The number of phenolic OH excluding ortho intramolecular Hbond substituents is 1. The number of aromatic hydroxyl groups is 1. The molecule has 4 aromatic rings. The molecule has 10 heteroatoms. The van der Waals surface area contributed by atoms with Crippen molar-refractivity contribution in [3.8, 4) is 5.75 Å². The minimum atomic E-state index is -1.27. The van der Waals surface area contributed by atoms with E-state index in [2.05, 4.69) is 10.3 Å². The second-order valence-corrected chi connectivity index (χ2v) is 8.21. The van der Waals surface area contributed by atoms with E-state index in [4.69, 9.17) is 16.0 Å². The van der Waals surface area contributed by atoms with E-state index >= 15 is 4.39 Å². The van der Waals surface area contributed by atoms with E-state index in [-0.39, 0.29) is 37.9 Å². The molecule has 3 heterocycles. The van der Waals surface area contributed by atoms with Crippen molar-refractivity contribution in [3.05, 3.63) is 70.2 Å². The van der Waals surface area contributed by atoms with Crippen LogP contribution in [0.4, 0.5) is 8.78 Å². The topological polar surface area (TPSA) is 98.8 Å². The van der Waals surface area contributed by atoms with Crippen LogP contribution in [0.15, 0.2) is 41.1 Å². The fourth-order valence-corrected chi connectivity index (χ4v) is 4.72. The standard InChI is InChI=1S/C23H18ClF2N3O4/c24-14-2-1-12-17(19(14)26)21(30)18(16-13(23(31)32)10-33-22(12)16)20(29-7-5-27-6-8-29)11-3-4-28-15(25)9-11/h1-4,9-10,20,27,30H,5-8H2,(H,31,32). The predicted octanol–water partition coefficient (Wildman–Crippen LogP) is 4.31. The van der Waals surface area contributed by atoms with Gasteiger partial charge in [0.15, 0.2) is 5.82 Å². The summed E-state index contributed by atoms with van der Waals surface area (Å²) in [6, 6.07) is 4.78. The monoisotopic (exact) mass is 473 g/mol. The lowest BCUT2D eigenvalue weighted by Crippen LogP contribution is -2.45. The quantitative estimate of drug-likeness (QED) is 0.380. The van der Waals surface area contributed by atoms with Gasteiger partial charge in [0, 0.05) is 48.7 Å². The zero-order valence-electron chi connectivity index (χ0n) is 17.1. The van der Waals surface area contributed by atoms with Gasteiger partial charge in [-0.2, -0.15) is 4.39 Å². The van der Waals surface area contributed by atoms with Crippen LogP contribution < -0.4 is 5.32 Å². The van der Waals surface area contributed by atoms with Crippen molar-refractivity contribution < 1.29 is 28.2 Å². The zero-order valence-corrected chi connectivity index (χ0v) is 17.9. The molecular weight excluding hydrogens is 456 g/mol. The maximum atomic E-state index is 15.2. The minimum absolute atomic E-state index is 0.0976. The van der Waals surface area contributed by atoms with Gasteiger partial charge in [-0.25, -0.2) is 14.2 Å². The van der Waals surface area contributed by atoms with E-state index in [1.807, 2.05) is 4.90 Å². The summed E-state index contributed by atoms with van der Waals surface area (Å²) >= 11 is 6.00. The van der Waals surface area contributed by atoms with Gasteiger partial charge in [-0.1, -0.05) is 11.6 Å². The first-order valence-corrected chi connectivity index (χ1v) is 10.6. The third-order valence-corrected chi connectivity index (χ3v) is 6.27. The van der Waals surface area contributed by atoms with Gasteiger partial charge in [0.2, 0.25) is 5.95 Å². The lowest BCUT2D eigenvalue weighted by Gasteiger charge is -2.36. The van der Waals surface area contributed by atoms with Crippen LogP contribution in [0, 0.1) is 11.8 Å². The van der Waals surface area contributed by atoms with E-state index in [1.54, 1.807) is 6.07 Å². The average Bonchev–Trinajstić information content (AvgIpc) is 3.24. The number of rotatable bonds is 4. The molecule has 1 unspecified atom stereocenters. The summed E-state index contributed by atoms with van der Waals surface area (Å²) in [5, 5.41) is 24.4. The highest BCUT2D eigenvalue weighted by Gasteiger charge is 2.34. The Balaban J connectivity index is 1.93. The van der Waals surface area contributed by atoms with Gasteiger partial charge >= 0.3 is 5.97 Å². The van der Waals surface area contributed by atoms with Gasteiger partial charge in [0.1, 0.15) is 23.2 Å². The van der Waals surface area contributed by atoms with Crippen molar-refractivity contribution in [2.45, 2.75) is 6.04 Å². The number of benzene rings is 2. The molecule has 1 aliphatic heterocycles. The summed E-state index contributed by atoms with van der Waals surface area (Å²) in [6.45, 7) is 2.29. The van der Waals surface area contributed by atoms with Crippen LogP contribution in [0.2, 0.25) is 5.02 Å². The zero-order chi connectivity index (χ0) is 23.3. The third-order valence-electron chi connectivity index (χ3n) is 5.98. The van der Waals surface area contributed by atoms with Crippen molar-refractivity contribution in [2.75, 3.05) is 26.2 Å². The highest BCUT2D eigenvalue weighted by molar-refractivity contribution is 6.32. The molecule has 0 bridgehead atoms. The van der Waals surface area contributed by atoms with E-state index in [0.717, 1.165) is 6.26 Å². The van der Waals surface area contributed by atoms with Gasteiger partial charge in [-0.15, -0.1) is 0 Å². The number of furan rings is 1. The van der Waals surface area contributed by atoms with Crippen LogP contribution in [0.5, 0.6) is 5.75 Å². The first-order valence-electron chi connectivity index (χ1n) is 10.2. The summed E-state index contributed by atoms with van der Waals surface area (Å²) in [4.78, 5) is 17.6. The number of carboxylic acid groups (broad SMARTS) is 1. The first kappa shape index (κ1) is 21.6. The summed E-state index contributed by atoms with van der Waals surface area (Å²) in [5.74, 6) is -3.34. The molecule has 0 radical (unpaired) electrons. The highest BCUT2D eigenvalue weighted by Crippen LogP contribution is 2.47. The van der Waals surface area contributed by atoms with Crippen LogP contribution in [-0.2, 0) is 0 Å². The second kappa shape index (κ2) is 8.26. The Kier molecular flexibility index (Phi) is 5.40. The van der Waals surface area contributed by atoms with Crippen LogP contribution in [0.25, 0.3) is 21.7 Å². The van der Waals surface area contributed by atoms with Crippen molar-refractivity contribution in [3.63, 3.8) is 0 Å². The number of hydrogen-bond donors (Lipinski definition) is 3. The van der Waals surface area contributed by atoms with Crippen molar-refractivity contribution in [2.24, 2.45) is 0 Å². The molecule has 33 heavy (non-hydrogen) atoms. The Morgan fingerprint density at radius 2 is 1.97 bits per heavy atom. The van der Waals surface area contributed by atoms with Gasteiger partial charge < -0.3 is 19.9 Å². The van der Waals surface area contributed by atoms with Crippen molar-refractivity contribution in [1.82, 2.24) is 15.2 Å². The van der Waals surface area contributed by atoms with E-state index in [0.29, 0.717) is 31.7 Å². The number of pyridine rings is 1. The van der Waals surface area contributed by atoms with E-state index in [9.17, 15) is 19.4 Å². The number of halogens is 3. The summed E-state index contributed by atoms with van der Waals surface area (Å²) in [6.07, 6.45) is 2.35. The molecule has 1 atom stereocenters. The minimum Gasteiger partial charge on any atom is -0.507 e. The number of hydrogen-bond acceptors (Lipinski definition) is 6. The summed E-state index contributed by atoms with van der Waals surface area (Å²) < 4.78 is 34.9. The molecule has 3 N–H and O–H groups in total. The SMILES string of the molecule is O=C(O)c1coc2c1c(C(c1ccnc(F)c1)N1CCNCC1)c(O)c1c(F)c(Cl)ccc12. The van der Waals surface area contributed by atoms with Crippen molar-refractivity contribution >= 4 is 39.3 Å². The number of fused-ring (bicyclic) bond motifs is 3. The Hall–Kier alpha value is -3.27. The number of nitrogens with zero attached hydrogens (tertiary/aromatic N) is 2. The molecule has 5 rings (SSSR count). The molecule has 0 saturated carbocycles. The van der Waals surface area contributed by atoms with E-state index in [1.165, 1.54) is 24.4 Å². The maximum absolute atomic E-state index is 15.2. The van der Waals surface area contributed by atoms with Gasteiger partial charge in [-0.05, 0) is 29.8 Å². The average molecular weight is 474 g/mol. The molecule has 0 aliphatic carbocycles. The maximum Gasteiger partial charge on any atom is 0.339 e. The Morgan fingerprint density at radius 1 is 1.21 bits per heavy atom. The number of nitrogens with one attached hydrogen (secondary N) is 1. The smallest absolute Gasteiger partial charge is 0.339 e. The molecular formula is C23H18ClF2N3O4. The van der Waals surface area contributed by atoms with Crippen LogP contribution in [-0.4, -0.2) is 52.2 Å². The number of carboxylic acids is 1. The van der Waals surface area contributed by atoms with Gasteiger partial charge in [0.25, 0.3) is 0 Å². The van der Waals surface area contributed by atoms with Crippen LogP contribution in [0.1, 0.15) is 27.5 Å². The number of aromatic carboxylic acids is 1. The van der Waals surface area contributed by atoms with Gasteiger partial charge in [-0.3, -0.25) is 4.90 Å². The molecule has 2 aromatic carbocycles. The largest absolute Gasteiger partial charge is 0.507 e. The lowest BCUT2D eigenvalue weighted by atomic mass is 9.89. The molecule has 1 saturated heterocycles. The normalized spacial score (nSPS) is 15.8. The molecule has 1 fully saturated rings. The lowest BCUT2D eigenvalue weighted by molar-refractivity contribution is 0.0698. The number of piperazine rings is 1. The molecule has 1 aliphatic rings. The second-order valence-electron chi connectivity index (χ2n) is 7.81. The van der Waals surface area contributed by atoms with Crippen molar-refractivity contribution in [1.29, 1.82) is 0 Å². The third kappa shape index (κ3) is 3.49. The first-order chi connectivity index (χ1) is 15.9. The number of aromatic nitrogens is 1. The summed E-state index contributed by atoms with van der Waals surface area (Å²) in [7, 11) is 0. The highest BCUT2D eigenvalue weighted by atomic mass is 35.5. The van der Waals surface area contributed by atoms with Crippen LogP contribution >= 0.6 is 11.6 Å². The van der Waals surface area contributed by atoms with Gasteiger partial charge in [0.05, 0.1) is 16.5 Å². The molecule has 0 spiro atoms. The molecule has 0 amide bonds. The predicted molar refractivity (Wildman–Crippen MR) is 118 cm³/mol. The summed E-state index contributed by atoms with van der Waals surface area (Å²) in [5.41, 5.74) is 0.445. The number of carbonyl (C=O) groups is 1. The molecule has 2 aromatic heterocycles. The van der Waals surface area contributed by atoms with Crippen LogP contribution in [0.3, 0.4) is 0 Å². The van der Waals surface area contributed by atoms with E-state index < -0.39 is 29.5 Å². The Labute approximate surface area is 191 Å². The molecule has 7 nitrogen and oxygen atoms in total. The fraction of sp³-hybridized carbons (Fsp3) is 0.217.